The van der Waals surface area contributed by atoms with Crippen molar-refractivity contribution < 1.29 is 4.79 Å². The van der Waals surface area contributed by atoms with E-state index in [4.69, 9.17) is 0 Å². The fraction of sp³-hybridized carbons (Fsp3) is 0.476. The molecule has 4 aliphatic rings. The molecule has 1 aromatic carbocycles. The van der Waals surface area contributed by atoms with Crippen LogP contribution in [-0.4, -0.2) is 12.3 Å². The van der Waals surface area contributed by atoms with Gasteiger partial charge in [0.05, 0.1) is 12.0 Å². The van der Waals surface area contributed by atoms with Crippen molar-refractivity contribution >= 4 is 5.78 Å². The summed E-state index contributed by atoms with van der Waals surface area (Å²) in [7, 11) is 0. The van der Waals surface area contributed by atoms with E-state index >= 15 is 0 Å². The molecule has 0 radical (unpaired) electrons. The Morgan fingerprint density at radius 1 is 1.16 bits per heavy atom. The summed E-state index contributed by atoms with van der Waals surface area (Å²) < 4.78 is 0. The Bertz CT molecular complexity index is 890. The lowest BCUT2D eigenvalue weighted by atomic mass is 9.56. The summed E-state index contributed by atoms with van der Waals surface area (Å²) in [5, 5.41) is 12.2. The number of carbonyl (C=O) groups is 1. The molecule has 0 aromatic heterocycles. The maximum atomic E-state index is 13.3. The van der Waals surface area contributed by atoms with Gasteiger partial charge in [-0.25, -0.2) is 0 Å². The number of azo groups is 1. The summed E-state index contributed by atoms with van der Waals surface area (Å²) in [5.41, 5.74) is 5.64. The highest BCUT2D eigenvalue weighted by atomic mass is 16.1. The van der Waals surface area contributed by atoms with Crippen LogP contribution in [0.1, 0.15) is 50.7 Å². The molecule has 2 heterocycles. The van der Waals surface area contributed by atoms with Gasteiger partial charge in [-0.15, -0.1) is 5.11 Å². The first-order valence-electron chi connectivity index (χ1n) is 9.25. The minimum absolute atomic E-state index is 0.00784. The van der Waals surface area contributed by atoms with Gasteiger partial charge in [-0.3, -0.25) is 4.79 Å². The first-order chi connectivity index (χ1) is 12.0. The van der Waals surface area contributed by atoms with Gasteiger partial charge < -0.3 is 5.32 Å². The highest BCUT2D eigenvalue weighted by Gasteiger charge is 2.53. The number of benzene rings is 1. The second kappa shape index (κ2) is 4.90. The zero-order valence-electron chi connectivity index (χ0n) is 14.9. The van der Waals surface area contributed by atoms with Crippen LogP contribution in [0.15, 0.2) is 57.2 Å². The molecule has 4 heteroatoms. The number of aryl methyl sites for hydroxylation is 1. The molecule has 4 nitrogen and oxygen atoms in total. The topological polar surface area (TPSA) is 53.8 Å². The van der Waals surface area contributed by atoms with Gasteiger partial charge in [0.2, 0.25) is 0 Å². The van der Waals surface area contributed by atoms with Gasteiger partial charge in [0, 0.05) is 23.3 Å². The monoisotopic (exact) mass is 333 g/mol. The molecule has 2 aliphatic heterocycles. The zero-order chi connectivity index (χ0) is 17.2. The number of carbonyl (C=O) groups excluding carboxylic acids is 1. The zero-order valence-corrected chi connectivity index (χ0v) is 14.9. The lowest BCUT2D eigenvalue weighted by molar-refractivity contribution is -0.118. The largest absolute Gasteiger partial charge is 0.342 e. The molecule has 1 atom stereocenters. The minimum Gasteiger partial charge on any atom is -0.342 e. The molecule has 2 aliphatic carbocycles. The van der Waals surface area contributed by atoms with Gasteiger partial charge in [-0.05, 0) is 42.2 Å². The van der Waals surface area contributed by atoms with Crippen LogP contribution >= 0.6 is 0 Å². The van der Waals surface area contributed by atoms with Crippen molar-refractivity contribution in [2.75, 3.05) is 6.54 Å². The van der Waals surface area contributed by atoms with E-state index in [9.17, 15) is 4.79 Å². The predicted octanol–water partition coefficient (Wildman–Crippen LogP) is 4.18. The summed E-state index contributed by atoms with van der Waals surface area (Å²) in [6.07, 6.45) is 4.69. The van der Waals surface area contributed by atoms with E-state index < -0.39 is 0 Å². The van der Waals surface area contributed by atoms with Crippen LogP contribution in [0.5, 0.6) is 0 Å². The van der Waals surface area contributed by atoms with Gasteiger partial charge >= 0.3 is 0 Å². The number of nitrogens with one attached hydrogen (secondary N) is 1. The van der Waals surface area contributed by atoms with E-state index in [1.54, 1.807) is 0 Å². The van der Waals surface area contributed by atoms with Crippen molar-refractivity contribution in [3.05, 3.63) is 58.1 Å². The van der Waals surface area contributed by atoms with E-state index in [2.05, 4.69) is 53.7 Å². The van der Waals surface area contributed by atoms with Crippen LogP contribution in [0.25, 0.3) is 0 Å². The molecular weight excluding hydrogens is 310 g/mol. The quantitative estimate of drug-likeness (QED) is 0.774. The average Bonchev–Trinajstić information content (AvgIpc) is 3.02. The van der Waals surface area contributed by atoms with Crippen LogP contribution in [0.4, 0.5) is 0 Å². The van der Waals surface area contributed by atoms with E-state index in [1.807, 2.05) is 0 Å². The van der Waals surface area contributed by atoms with Crippen molar-refractivity contribution in [2.45, 2.75) is 51.4 Å². The molecule has 128 valence electrons. The Morgan fingerprint density at radius 2 is 2.00 bits per heavy atom. The van der Waals surface area contributed by atoms with E-state index in [0.717, 1.165) is 42.8 Å². The number of fused-ring (bicyclic) bond motifs is 4. The van der Waals surface area contributed by atoms with Gasteiger partial charge in [0.15, 0.2) is 11.6 Å². The summed E-state index contributed by atoms with van der Waals surface area (Å²) in [6.45, 7) is 4.96. The normalized spacial score (nSPS) is 29.4. The molecule has 0 bridgehead atoms. The molecule has 1 unspecified atom stereocenters. The molecule has 1 aromatic rings. The Morgan fingerprint density at radius 3 is 2.88 bits per heavy atom. The molecule has 0 saturated carbocycles. The summed E-state index contributed by atoms with van der Waals surface area (Å²) >= 11 is 0. The summed E-state index contributed by atoms with van der Waals surface area (Å²) in [4.78, 5) is 13.3. The van der Waals surface area contributed by atoms with Crippen molar-refractivity contribution in [3.8, 4) is 0 Å². The Labute approximate surface area is 148 Å². The SMILES string of the molecule is CC1(C)CC(=O)C2=C(C1)NC1=C(CN=N1)C21CCCc2ccccc21. The Hall–Kier alpha value is -2.23. The van der Waals surface area contributed by atoms with Crippen LogP contribution in [0.2, 0.25) is 0 Å². The average molecular weight is 333 g/mol. The second-order valence-corrected chi connectivity index (χ2v) is 8.56. The molecular formula is C21H23N3O. The predicted molar refractivity (Wildman–Crippen MR) is 96.0 cm³/mol. The van der Waals surface area contributed by atoms with E-state index in [0.29, 0.717) is 18.7 Å². The van der Waals surface area contributed by atoms with Crippen molar-refractivity contribution in [3.63, 3.8) is 0 Å². The smallest absolute Gasteiger partial charge is 0.162 e. The maximum absolute atomic E-state index is 13.3. The summed E-state index contributed by atoms with van der Waals surface area (Å²) in [5.74, 6) is 1.19. The fourth-order valence-electron chi connectivity index (χ4n) is 5.37. The third-order valence-electron chi connectivity index (χ3n) is 6.25. The van der Waals surface area contributed by atoms with Crippen LogP contribution < -0.4 is 5.32 Å². The van der Waals surface area contributed by atoms with Crippen molar-refractivity contribution in [1.29, 1.82) is 0 Å². The number of dihydropyridines is 1. The minimum atomic E-state index is -0.318. The molecule has 1 N–H and O–H groups in total. The number of nitrogens with zero attached hydrogens (tertiary/aromatic N) is 2. The van der Waals surface area contributed by atoms with E-state index in [1.165, 1.54) is 16.7 Å². The third kappa shape index (κ3) is 1.97. The number of hydrogen-bond donors (Lipinski definition) is 1. The third-order valence-corrected chi connectivity index (χ3v) is 6.25. The van der Waals surface area contributed by atoms with Crippen molar-refractivity contribution in [1.82, 2.24) is 5.32 Å². The molecule has 5 rings (SSSR count). The number of Topliss-reactive ketones (excluding diaryl/α,β-unsaturated/α-hetero) is 1. The lowest BCUT2D eigenvalue weighted by Crippen LogP contribution is -2.48. The van der Waals surface area contributed by atoms with Crippen LogP contribution in [-0.2, 0) is 16.6 Å². The number of allylic oxidation sites excluding steroid dienone is 2. The second-order valence-electron chi connectivity index (χ2n) is 8.56. The van der Waals surface area contributed by atoms with Gasteiger partial charge in [-0.1, -0.05) is 38.1 Å². The van der Waals surface area contributed by atoms with Gasteiger partial charge in [0.1, 0.15) is 0 Å². The Kier molecular flexibility index (Phi) is 2.95. The molecule has 25 heavy (non-hydrogen) atoms. The van der Waals surface area contributed by atoms with Crippen LogP contribution in [0, 0.1) is 5.41 Å². The first-order valence-corrected chi connectivity index (χ1v) is 9.25. The van der Waals surface area contributed by atoms with Crippen LogP contribution in [0.3, 0.4) is 0 Å². The first kappa shape index (κ1) is 15.1. The summed E-state index contributed by atoms with van der Waals surface area (Å²) in [6, 6.07) is 8.66. The molecule has 1 spiro atoms. The number of hydrogen-bond acceptors (Lipinski definition) is 4. The standard InChI is InChI=1S/C21H23N3O/c1-20(2)10-16-18(17(25)11-20)21(15-12-22-24-19(15)23-16)9-5-7-13-6-3-4-8-14(13)21/h3-4,6,8,23H,5,7,9-12H2,1-2H3. The highest BCUT2D eigenvalue weighted by molar-refractivity contribution is 6.01. The Balaban J connectivity index is 1.81. The maximum Gasteiger partial charge on any atom is 0.162 e. The highest BCUT2D eigenvalue weighted by Crippen LogP contribution is 2.55. The van der Waals surface area contributed by atoms with Gasteiger partial charge in [0.25, 0.3) is 0 Å². The van der Waals surface area contributed by atoms with E-state index in [-0.39, 0.29) is 10.8 Å². The lowest BCUT2D eigenvalue weighted by Gasteiger charge is -2.48. The van der Waals surface area contributed by atoms with Crippen molar-refractivity contribution in [2.24, 2.45) is 15.6 Å². The number of rotatable bonds is 0. The van der Waals surface area contributed by atoms with Gasteiger partial charge in [-0.2, -0.15) is 5.11 Å². The fourth-order valence-corrected chi connectivity index (χ4v) is 5.37. The molecule has 0 fully saturated rings. The molecule has 0 amide bonds. The molecule has 0 saturated heterocycles. The number of ketones is 1.